The Morgan fingerprint density at radius 2 is 1.12 bits per heavy atom. The maximum absolute atomic E-state index is 12.4. The van der Waals surface area contributed by atoms with Crippen LogP contribution in [0.5, 0.6) is 23.0 Å². The Hall–Kier alpha value is -2.90. The second-order valence-corrected chi connectivity index (χ2v) is 11.5. The van der Waals surface area contributed by atoms with E-state index in [0.29, 0.717) is 22.0 Å². The van der Waals surface area contributed by atoms with E-state index in [9.17, 15) is 34.8 Å². The van der Waals surface area contributed by atoms with E-state index in [4.69, 9.17) is 14.2 Å². The van der Waals surface area contributed by atoms with Gasteiger partial charge < -0.3 is 34.6 Å². The molecule has 0 aliphatic heterocycles. The van der Waals surface area contributed by atoms with Crippen molar-refractivity contribution < 1.29 is 49.0 Å². The number of thiol groups is 1. The number of carbonyl (C=O) groups is 3. The predicted molar refractivity (Wildman–Crippen MR) is 154 cm³/mol. The van der Waals surface area contributed by atoms with Crippen LogP contribution in [0.4, 0.5) is 0 Å². The highest BCUT2D eigenvalue weighted by Gasteiger charge is 2.34. The van der Waals surface area contributed by atoms with Gasteiger partial charge in [0.05, 0.1) is 34.5 Å². The normalized spacial score (nSPS) is 11.2. The number of aromatic hydroxyl groups is 4. The molecule has 0 amide bonds. The molecule has 13 heteroatoms. The van der Waals surface area contributed by atoms with Gasteiger partial charge in [0.25, 0.3) is 0 Å². The van der Waals surface area contributed by atoms with Crippen molar-refractivity contribution in [1.29, 1.82) is 0 Å². The number of phenolic OH excluding ortho intramolecular Hbond substituents is 4. The van der Waals surface area contributed by atoms with Gasteiger partial charge in [-0.3, -0.25) is 14.4 Å². The number of benzene rings is 2. The van der Waals surface area contributed by atoms with Crippen LogP contribution in [0.1, 0.15) is 32.6 Å². The lowest BCUT2D eigenvalue weighted by atomic mass is 9.88. The molecule has 0 saturated heterocycles. The van der Waals surface area contributed by atoms with Gasteiger partial charge >= 0.3 is 17.9 Å². The van der Waals surface area contributed by atoms with E-state index in [0.717, 1.165) is 0 Å². The summed E-state index contributed by atoms with van der Waals surface area (Å²) in [5.41, 5.74) is -0.967. The number of hydrogen-bond acceptors (Lipinski definition) is 13. The van der Waals surface area contributed by atoms with Crippen molar-refractivity contribution >= 4 is 54.1 Å². The van der Waals surface area contributed by atoms with E-state index in [1.165, 1.54) is 35.7 Å². The van der Waals surface area contributed by atoms with Gasteiger partial charge in [-0.1, -0.05) is 19.1 Å². The van der Waals surface area contributed by atoms with Crippen LogP contribution in [-0.4, -0.2) is 75.4 Å². The SMILES string of the molecule is CCC(COC(=O)CCS)(COC(=O)CCSc1cccc(O)c1O)COC(=O)CCSc1cccc(O)c1O. The summed E-state index contributed by atoms with van der Waals surface area (Å²) in [6.07, 6.45) is 0.496. The van der Waals surface area contributed by atoms with Crippen LogP contribution in [0.3, 0.4) is 0 Å². The van der Waals surface area contributed by atoms with Gasteiger partial charge in [0.2, 0.25) is 0 Å². The van der Waals surface area contributed by atoms with Crippen molar-refractivity contribution in [2.45, 2.75) is 42.4 Å². The number of thioether (sulfide) groups is 2. The third-order valence-corrected chi connectivity index (χ3v) is 8.09. The van der Waals surface area contributed by atoms with Crippen LogP contribution < -0.4 is 0 Å². The van der Waals surface area contributed by atoms with E-state index < -0.39 is 23.3 Å². The van der Waals surface area contributed by atoms with Crippen molar-refractivity contribution in [3.8, 4) is 23.0 Å². The average Bonchev–Trinajstić information content (AvgIpc) is 2.93. The topological polar surface area (TPSA) is 160 Å². The second-order valence-electron chi connectivity index (χ2n) is 8.75. The largest absolute Gasteiger partial charge is 0.504 e. The van der Waals surface area contributed by atoms with Gasteiger partial charge in [-0.15, -0.1) is 23.5 Å². The third-order valence-electron chi connectivity index (χ3n) is 5.77. The number of carbonyl (C=O) groups excluding carboxylic acids is 3. The minimum Gasteiger partial charge on any atom is -0.504 e. The second kappa shape index (κ2) is 17.0. The van der Waals surface area contributed by atoms with Crippen molar-refractivity contribution in [3.05, 3.63) is 36.4 Å². The molecule has 40 heavy (non-hydrogen) atoms. The van der Waals surface area contributed by atoms with Crippen LogP contribution >= 0.6 is 36.2 Å². The minimum absolute atomic E-state index is 0.0118. The molecule has 0 bridgehead atoms. The van der Waals surface area contributed by atoms with Crippen molar-refractivity contribution in [2.24, 2.45) is 5.41 Å². The Labute approximate surface area is 246 Å². The fourth-order valence-corrected chi connectivity index (χ4v) is 5.17. The number of para-hydroxylation sites is 2. The zero-order chi connectivity index (χ0) is 29.5. The number of rotatable bonds is 17. The van der Waals surface area contributed by atoms with E-state index in [1.807, 2.05) is 0 Å². The molecule has 0 aliphatic rings. The highest BCUT2D eigenvalue weighted by atomic mass is 32.2. The summed E-state index contributed by atoms with van der Waals surface area (Å²) in [6, 6.07) is 9.10. The fourth-order valence-electron chi connectivity index (χ4n) is 3.18. The molecule has 0 saturated carbocycles. The summed E-state index contributed by atoms with van der Waals surface area (Å²) in [6.45, 7) is 1.36. The molecule has 0 fully saturated rings. The Morgan fingerprint density at radius 3 is 1.50 bits per heavy atom. The smallest absolute Gasteiger partial charge is 0.306 e. The Bertz CT molecular complexity index is 1070. The molecule has 2 aromatic carbocycles. The molecule has 0 atom stereocenters. The molecular formula is C27H34O10S3. The zero-order valence-electron chi connectivity index (χ0n) is 22.0. The summed E-state index contributed by atoms with van der Waals surface area (Å²) < 4.78 is 16.3. The molecule has 0 heterocycles. The van der Waals surface area contributed by atoms with E-state index >= 15 is 0 Å². The van der Waals surface area contributed by atoms with Gasteiger partial charge in [0.15, 0.2) is 23.0 Å². The number of esters is 3. The van der Waals surface area contributed by atoms with Crippen LogP contribution in [0.2, 0.25) is 0 Å². The fraction of sp³-hybridized carbons (Fsp3) is 0.444. The summed E-state index contributed by atoms with van der Waals surface area (Å²) >= 11 is 6.39. The first-order valence-electron chi connectivity index (χ1n) is 12.5. The first-order valence-corrected chi connectivity index (χ1v) is 15.1. The zero-order valence-corrected chi connectivity index (χ0v) is 24.6. The quantitative estimate of drug-likeness (QED) is 0.0558. The maximum Gasteiger partial charge on any atom is 0.306 e. The van der Waals surface area contributed by atoms with Crippen LogP contribution in [0, 0.1) is 5.41 Å². The predicted octanol–water partition coefficient (Wildman–Crippen LogP) is 4.52. The van der Waals surface area contributed by atoms with Gasteiger partial charge in [-0.05, 0) is 30.7 Å². The van der Waals surface area contributed by atoms with Crippen molar-refractivity contribution in [1.82, 2.24) is 0 Å². The first-order chi connectivity index (χ1) is 19.1. The Kier molecular flexibility index (Phi) is 14.2. The lowest BCUT2D eigenvalue weighted by Crippen LogP contribution is -2.39. The molecule has 10 nitrogen and oxygen atoms in total. The van der Waals surface area contributed by atoms with Gasteiger partial charge in [0.1, 0.15) is 19.8 Å². The summed E-state index contributed by atoms with van der Waals surface area (Å²) in [5.74, 6) is -1.67. The van der Waals surface area contributed by atoms with E-state index in [-0.39, 0.29) is 73.6 Å². The lowest BCUT2D eigenvalue weighted by molar-refractivity contribution is -0.161. The van der Waals surface area contributed by atoms with Crippen LogP contribution in [-0.2, 0) is 28.6 Å². The molecule has 0 aliphatic carbocycles. The monoisotopic (exact) mass is 614 g/mol. The Balaban J connectivity index is 1.91. The molecule has 220 valence electrons. The van der Waals surface area contributed by atoms with Crippen LogP contribution in [0.25, 0.3) is 0 Å². The van der Waals surface area contributed by atoms with Crippen LogP contribution in [0.15, 0.2) is 46.2 Å². The average molecular weight is 615 g/mol. The molecule has 2 aromatic rings. The van der Waals surface area contributed by atoms with Crippen molar-refractivity contribution in [3.63, 3.8) is 0 Å². The highest BCUT2D eigenvalue weighted by Crippen LogP contribution is 2.36. The molecule has 0 spiro atoms. The number of ether oxygens (including phenoxy) is 3. The lowest BCUT2D eigenvalue weighted by Gasteiger charge is -2.31. The van der Waals surface area contributed by atoms with E-state index in [2.05, 4.69) is 12.6 Å². The standard InChI is InChI=1S/C27H34O10S3/c1-2-27(15-35-22(30)9-12-38,16-36-23(31)10-13-39-20-7-3-5-18(28)25(20)33)17-37-24(32)11-14-40-21-8-4-6-19(29)26(21)34/h3-8,28-29,33-34,38H,2,9-17H2,1H3. The van der Waals surface area contributed by atoms with E-state index in [1.54, 1.807) is 31.2 Å². The van der Waals surface area contributed by atoms with Gasteiger partial charge in [-0.25, -0.2) is 0 Å². The summed E-state index contributed by atoms with van der Waals surface area (Å²) in [7, 11) is 0. The summed E-state index contributed by atoms with van der Waals surface area (Å²) in [4.78, 5) is 37.7. The molecule has 4 N–H and O–H groups in total. The molecule has 0 radical (unpaired) electrons. The Morgan fingerprint density at radius 1 is 0.725 bits per heavy atom. The number of hydrogen-bond donors (Lipinski definition) is 5. The first kappa shape index (κ1) is 33.3. The molecule has 0 unspecified atom stereocenters. The third kappa shape index (κ3) is 10.9. The summed E-state index contributed by atoms with van der Waals surface area (Å²) in [5, 5.41) is 39.0. The van der Waals surface area contributed by atoms with Gasteiger partial charge in [0, 0.05) is 17.3 Å². The molecule has 0 aromatic heterocycles. The molecule has 2 rings (SSSR count). The highest BCUT2D eigenvalue weighted by molar-refractivity contribution is 7.99. The van der Waals surface area contributed by atoms with Gasteiger partial charge in [-0.2, -0.15) is 12.6 Å². The maximum atomic E-state index is 12.4. The number of phenols is 4. The molecular weight excluding hydrogens is 580 g/mol. The van der Waals surface area contributed by atoms with Crippen molar-refractivity contribution in [2.75, 3.05) is 37.1 Å². The minimum atomic E-state index is -0.967.